The lowest BCUT2D eigenvalue weighted by molar-refractivity contribution is 0.548. The molecule has 0 aliphatic carbocycles. The standard InChI is InChI=1S/C14H20F2N4.HI/c1-17-14(19(2)3)18-11-6-7-20(9-11)13-5-4-10(15)8-12(13)16;/h4-5,8,11H,6-7,9H2,1-3H3,(H,17,18);1H. The summed E-state index contributed by atoms with van der Waals surface area (Å²) in [4.78, 5) is 8.00. The van der Waals surface area contributed by atoms with Crippen molar-refractivity contribution >= 4 is 35.6 Å². The van der Waals surface area contributed by atoms with Gasteiger partial charge >= 0.3 is 0 Å². The number of guanidine groups is 1. The highest BCUT2D eigenvalue weighted by Crippen LogP contribution is 2.24. The van der Waals surface area contributed by atoms with Gasteiger partial charge in [0.25, 0.3) is 0 Å². The van der Waals surface area contributed by atoms with Gasteiger partial charge in [0.2, 0.25) is 0 Å². The fourth-order valence-electron chi connectivity index (χ4n) is 2.41. The van der Waals surface area contributed by atoms with Crippen molar-refractivity contribution < 1.29 is 8.78 Å². The predicted molar refractivity (Wildman–Crippen MR) is 92.6 cm³/mol. The number of hydrogen-bond donors (Lipinski definition) is 1. The zero-order chi connectivity index (χ0) is 14.7. The van der Waals surface area contributed by atoms with E-state index in [1.807, 2.05) is 23.9 Å². The van der Waals surface area contributed by atoms with Crippen LogP contribution in [0.15, 0.2) is 23.2 Å². The molecule has 1 saturated heterocycles. The smallest absolute Gasteiger partial charge is 0.193 e. The Balaban J connectivity index is 0.00000220. The summed E-state index contributed by atoms with van der Waals surface area (Å²) in [6.07, 6.45) is 0.893. The molecule has 1 aliphatic heterocycles. The second-order valence-corrected chi connectivity index (χ2v) is 5.11. The monoisotopic (exact) mass is 410 g/mol. The summed E-state index contributed by atoms with van der Waals surface area (Å²) in [5.74, 6) is -0.257. The molecule has 7 heteroatoms. The summed E-state index contributed by atoms with van der Waals surface area (Å²) in [6.45, 7) is 1.42. The summed E-state index contributed by atoms with van der Waals surface area (Å²) in [7, 11) is 5.57. The number of aliphatic imine (C=N–C) groups is 1. The number of benzene rings is 1. The van der Waals surface area contributed by atoms with Crippen molar-refractivity contribution in [2.75, 3.05) is 39.1 Å². The number of nitrogens with zero attached hydrogens (tertiary/aromatic N) is 3. The molecule has 2 rings (SSSR count). The molecule has 0 spiro atoms. The first-order chi connectivity index (χ1) is 9.51. The van der Waals surface area contributed by atoms with Gasteiger partial charge in [-0.3, -0.25) is 4.99 Å². The van der Waals surface area contributed by atoms with Crippen LogP contribution in [-0.4, -0.2) is 51.1 Å². The molecule has 0 bridgehead atoms. The Hall–Kier alpha value is -1.12. The lowest BCUT2D eigenvalue weighted by Gasteiger charge is -2.23. The van der Waals surface area contributed by atoms with Crippen LogP contribution in [0.2, 0.25) is 0 Å². The lowest BCUT2D eigenvalue weighted by Crippen LogP contribution is -2.44. The zero-order valence-electron chi connectivity index (χ0n) is 12.4. The fraction of sp³-hybridized carbons (Fsp3) is 0.500. The number of nitrogens with one attached hydrogen (secondary N) is 1. The third-order valence-corrected chi connectivity index (χ3v) is 3.41. The van der Waals surface area contributed by atoms with Gasteiger partial charge in [-0.05, 0) is 18.6 Å². The van der Waals surface area contributed by atoms with Crippen LogP contribution in [0.1, 0.15) is 6.42 Å². The molecule has 1 unspecified atom stereocenters. The minimum atomic E-state index is -0.548. The number of halogens is 3. The van der Waals surface area contributed by atoms with E-state index >= 15 is 0 Å². The van der Waals surface area contributed by atoms with Crippen molar-refractivity contribution in [3.05, 3.63) is 29.8 Å². The summed E-state index contributed by atoms with van der Waals surface area (Å²) in [5.41, 5.74) is 0.454. The van der Waals surface area contributed by atoms with Gasteiger partial charge in [0.1, 0.15) is 11.6 Å². The molecular formula is C14H21F2IN4. The molecule has 1 N–H and O–H groups in total. The summed E-state index contributed by atoms with van der Waals surface area (Å²) < 4.78 is 26.7. The minimum absolute atomic E-state index is 0. The van der Waals surface area contributed by atoms with E-state index in [4.69, 9.17) is 0 Å². The second kappa shape index (κ2) is 7.77. The fourth-order valence-corrected chi connectivity index (χ4v) is 2.41. The van der Waals surface area contributed by atoms with E-state index in [2.05, 4.69) is 10.3 Å². The number of hydrogen-bond acceptors (Lipinski definition) is 2. The quantitative estimate of drug-likeness (QED) is 0.461. The van der Waals surface area contributed by atoms with Crippen LogP contribution in [-0.2, 0) is 0 Å². The Morgan fingerprint density at radius 3 is 2.67 bits per heavy atom. The van der Waals surface area contributed by atoms with Crippen LogP contribution < -0.4 is 10.2 Å². The van der Waals surface area contributed by atoms with Crippen molar-refractivity contribution in [2.45, 2.75) is 12.5 Å². The van der Waals surface area contributed by atoms with Crippen LogP contribution in [0.5, 0.6) is 0 Å². The molecular weight excluding hydrogens is 389 g/mol. The molecule has 0 saturated carbocycles. The normalized spacial score (nSPS) is 18.4. The van der Waals surface area contributed by atoms with E-state index in [0.717, 1.165) is 25.0 Å². The predicted octanol–water partition coefficient (Wildman–Crippen LogP) is 2.30. The van der Waals surface area contributed by atoms with Crippen molar-refractivity contribution in [2.24, 2.45) is 4.99 Å². The molecule has 1 heterocycles. The average molecular weight is 410 g/mol. The van der Waals surface area contributed by atoms with Gasteiger partial charge < -0.3 is 15.1 Å². The maximum atomic E-state index is 13.8. The van der Waals surface area contributed by atoms with E-state index in [1.54, 1.807) is 7.05 Å². The third-order valence-electron chi connectivity index (χ3n) is 3.41. The first kappa shape index (κ1) is 17.9. The Morgan fingerprint density at radius 2 is 2.10 bits per heavy atom. The highest BCUT2D eigenvalue weighted by Gasteiger charge is 2.25. The molecule has 0 amide bonds. The molecule has 1 fully saturated rings. The number of rotatable bonds is 2. The molecule has 1 aliphatic rings. The Bertz CT molecular complexity index is 508. The summed E-state index contributed by atoms with van der Waals surface area (Å²) >= 11 is 0. The highest BCUT2D eigenvalue weighted by atomic mass is 127. The lowest BCUT2D eigenvalue weighted by atomic mass is 10.2. The van der Waals surface area contributed by atoms with E-state index in [1.165, 1.54) is 12.1 Å². The van der Waals surface area contributed by atoms with Crippen molar-refractivity contribution in [3.8, 4) is 0 Å². The molecule has 0 aromatic heterocycles. The molecule has 1 aromatic carbocycles. The van der Waals surface area contributed by atoms with Crippen molar-refractivity contribution in [3.63, 3.8) is 0 Å². The van der Waals surface area contributed by atoms with Crippen molar-refractivity contribution in [1.29, 1.82) is 0 Å². The van der Waals surface area contributed by atoms with E-state index in [9.17, 15) is 8.78 Å². The van der Waals surface area contributed by atoms with Gasteiger partial charge in [0, 0.05) is 46.3 Å². The van der Waals surface area contributed by atoms with Gasteiger partial charge in [-0.1, -0.05) is 0 Å². The van der Waals surface area contributed by atoms with Gasteiger partial charge in [0.15, 0.2) is 5.96 Å². The van der Waals surface area contributed by atoms with Gasteiger partial charge in [0.05, 0.1) is 5.69 Å². The maximum absolute atomic E-state index is 13.8. The van der Waals surface area contributed by atoms with Crippen LogP contribution in [0.4, 0.5) is 14.5 Å². The Kier molecular flexibility index (Phi) is 6.63. The van der Waals surface area contributed by atoms with Crippen LogP contribution >= 0.6 is 24.0 Å². The molecule has 118 valence electrons. The van der Waals surface area contributed by atoms with E-state index < -0.39 is 11.6 Å². The van der Waals surface area contributed by atoms with E-state index in [0.29, 0.717) is 12.2 Å². The minimum Gasteiger partial charge on any atom is -0.367 e. The van der Waals surface area contributed by atoms with Crippen LogP contribution in [0.3, 0.4) is 0 Å². The maximum Gasteiger partial charge on any atom is 0.193 e. The average Bonchev–Trinajstić information content (AvgIpc) is 2.83. The summed E-state index contributed by atoms with van der Waals surface area (Å²) in [6, 6.07) is 3.92. The van der Waals surface area contributed by atoms with Crippen molar-refractivity contribution in [1.82, 2.24) is 10.2 Å². The third kappa shape index (κ3) is 4.42. The van der Waals surface area contributed by atoms with E-state index in [-0.39, 0.29) is 30.0 Å². The van der Waals surface area contributed by atoms with Crippen LogP contribution in [0, 0.1) is 11.6 Å². The number of anilines is 1. The van der Waals surface area contributed by atoms with Gasteiger partial charge in [-0.15, -0.1) is 24.0 Å². The first-order valence-corrected chi connectivity index (χ1v) is 6.62. The molecule has 21 heavy (non-hydrogen) atoms. The Morgan fingerprint density at radius 1 is 1.38 bits per heavy atom. The van der Waals surface area contributed by atoms with Crippen LogP contribution in [0.25, 0.3) is 0 Å². The topological polar surface area (TPSA) is 30.9 Å². The molecule has 4 nitrogen and oxygen atoms in total. The van der Waals surface area contributed by atoms with Gasteiger partial charge in [-0.25, -0.2) is 8.78 Å². The molecule has 1 aromatic rings. The summed E-state index contributed by atoms with van der Waals surface area (Å²) in [5, 5.41) is 3.33. The molecule has 1 atom stereocenters. The SMILES string of the molecule is CN=C(NC1CCN(c2ccc(F)cc2F)C1)N(C)C.I. The highest BCUT2D eigenvalue weighted by molar-refractivity contribution is 14.0. The first-order valence-electron chi connectivity index (χ1n) is 6.62. The van der Waals surface area contributed by atoms with Gasteiger partial charge in [-0.2, -0.15) is 0 Å². The zero-order valence-corrected chi connectivity index (χ0v) is 14.8. The molecule has 0 radical (unpaired) electrons. The largest absolute Gasteiger partial charge is 0.367 e. The second-order valence-electron chi connectivity index (χ2n) is 5.11. The Labute approximate surface area is 141 Å².